The van der Waals surface area contributed by atoms with E-state index < -0.39 is 0 Å². The molecular weight excluding hydrogens is 440 g/mol. The number of fused-ring (bicyclic) bond motifs is 3. The Morgan fingerprint density at radius 1 is 1.06 bits per heavy atom. The van der Waals surface area contributed by atoms with E-state index in [1.54, 1.807) is 6.08 Å². The molecule has 6 heteroatoms. The zero-order valence-corrected chi connectivity index (χ0v) is 21.1. The highest BCUT2D eigenvalue weighted by molar-refractivity contribution is 7.19. The van der Waals surface area contributed by atoms with Crippen LogP contribution in [0.15, 0.2) is 36.4 Å². The molecule has 1 amide bonds. The van der Waals surface area contributed by atoms with Gasteiger partial charge in [0.25, 0.3) is 0 Å². The van der Waals surface area contributed by atoms with Gasteiger partial charge in [0.15, 0.2) is 0 Å². The third kappa shape index (κ3) is 4.74. The zero-order valence-electron chi connectivity index (χ0n) is 20.3. The molecule has 0 unspecified atom stereocenters. The van der Waals surface area contributed by atoms with E-state index in [-0.39, 0.29) is 5.91 Å². The summed E-state index contributed by atoms with van der Waals surface area (Å²) in [6.45, 7) is 7.47. The van der Waals surface area contributed by atoms with Gasteiger partial charge in [0.2, 0.25) is 5.91 Å². The molecule has 1 aromatic carbocycles. The summed E-state index contributed by atoms with van der Waals surface area (Å²) >= 11 is 1.89. The van der Waals surface area contributed by atoms with Gasteiger partial charge in [-0.1, -0.05) is 50.6 Å². The van der Waals surface area contributed by atoms with Gasteiger partial charge < -0.3 is 9.80 Å². The van der Waals surface area contributed by atoms with Gasteiger partial charge in [-0.3, -0.25) is 4.79 Å². The minimum atomic E-state index is 0.0843. The predicted octanol–water partition coefficient (Wildman–Crippen LogP) is 5.84. The van der Waals surface area contributed by atoms with Gasteiger partial charge in [-0.05, 0) is 49.3 Å². The number of nitrogens with zero attached hydrogens (tertiary/aromatic N) is 4. The summed E-state index contributed by atoms with van der Waals surface area (Å²) in [6, 6.07) is 10.00. The average Bonchev–Trinajstić information content (AvgIpc) is 3.07. The van der Waals surface area contributed by atoms with Crippen molar-refractivity contribution in [2.75, 3.05) is 31.1 Å². The molecule has 0 saturated carbocycles. The fourth-order valence-corrected chi connectivity index (χ4v) is 6.20. The molecule has 1 saturated heterocycles. The van der Waals surface area contributed by atoms with Gasteiger partial charge in [-0.25, -0.2) is 9.97 Å². The van der Waals surface area contributed by atoms with Gasteiger partial charge >= 0.3 is 0 Å². The monoisotopic (exact) mass is 474 g/mol. The molecule has 0 radical (unpaired) electrons. The maximum absolute atomic E-state index is 12.8. The summed E-state index contributed by atoms with van der Waals surface area (Å²) in [4.78, 5) is 30.0. The summed E-state index contributed by atoms with van der Waals surface area (Å²) in [5.74, 6) is 2.49. The van der Waals surface area contributed by atoms with Gasteiger partial charge in [0.05, 0.1) is 5.39 Å². The summed E-state index contributed by atoms with van der Waals surface area (Å²) < 4.78 is 0. The number of anilines is 1. The first kappa shape index (κ1) is 23.0. The molecule has 1 aliphatic heterocycles. The maximum atomic E-state index is 12.8. The molecule has 3 aromatic rings. The maximum Gasteiger partial charge on any atom is 0.246 e. The lowest BCUT2D eigenvalue weighted by atomic mass is 10.1. The van der Waals surface area contributed by atoms with E-state index >= 15 is 0 Å². The van der Waals surface area contributed by atoms with Crippen molar-refractivity contribution in [2.24, 2.45) is 0 Å². The molecule has 3 heterocycles. The third-order valence-electron chi connectivity index (χ3n) is 7.22. The summed E-state index contributed by atoms with van der Waals surface area (Å²) in [5.41, 5.74) is 2.54. The topological polar surface area (TPSA) is 49.3 Å². The lowest BCUT2D eigenvalue weighted by molar-refractivity contribution is -0.126. The Bertz CT molecular complexity index is 1180. The number of hydrogen-bond donors (Lipinski definition) is 0. The van der Waals surface area contributed by atoms with E-state index in [4.69, 9.17) is 9.97 Å². The fourth-order valence-electron chi connectivity index (χ4n) is 4.94. The number of amides is 1. The Labute approximate surface area is 206 Å². The molecule has 0 spiro atoms. The van der Waals surface area contributed by atoms with Crippen LogP contribution in [0, 0.1) is 0 Å². The largest absolute Gasteiger partial charge is 0.352 e. The van der Waals surface area contributed by atoms with E-state index in [1.807, 2.05) is 52.6 Å². The quantitative estimate of drug-likeness (QED) is 0.345. The van der Waals surface area contributed by atoms with Crippen molar-refractivity contribution in [1.29, 1.82) is 0 Å². The Morgan fingerprint density at radius 3 is 2.59 bits per heavy atom. The number of hydrogen-bond acceptors (Lipinski definition) is 5. The van der Waals surface area contributed by atoms with Crippen LogP contribution in [0.1, 0.15) is 67.3 Å². The van der Waals surface area contributed by atoms with E-state index in [0.717, 1.165) is 48.0 Å². The highest BCUT2D eigenvalue weighted by Gasteiger charge is 2.27. The second-order valence-electron chi connectivity index (χ2n) is 9.52. The van der Waals surface area contributed by atoms with E-state index in [2.05, 4.69) is 18.7 Å². The van der Waals surface area contributed by atoms with Crippen molar-refractivity contribution in [3.8, 4) is 0 Å². The predicted molar refractivity (Wildman–Crippen MR) is 142 cm³/mol. The second-order valence-corrected chi connectivity index (χ2v) is 10.6. The van der Waals surface area contributed by atoms with Crippen LogP contribution in [0.5, 0.6) is 0 Å². The minimum absolute atomic E-state index is 0.0843. The highest BCUT2D eigenvalue weighted by atomic mass is 32.1. The van der Waals surface area contributed by atoms with Crippen LogP contribution in [-0.4, -0.2) is 47.0 Å². The Kier molecular flexibility index (Phi) is 6.95. The van der Waals surface area contributed by atoms with Gasteiger partial charge in [0.1, 0.15) is 16.5 Å². The summed E-state index contributed by atoms with van der Waals surface area (Å²) in [7, 11) is 0. The van der Waals surface area contributed by atoms with E-state index in [9.17, 15) is 4.79 Å². The SMILES string of the molecule is CC[C@H](C)c1nc(N2CCN(C(=O)/C=C/c3ccccc3)CC2)c2c3c(sc2n1)CCCCC3. The highest BCUT2D eigenvalue weighted by Crippen LogP contribution is 2.40. The molecule has 1 atom stereocenters. The number of aryl methyl sites for hydroxylation is 2. The first-order valence-corrected chi connectivity index (χ1v) is 13.5. The van der Waals surface area contributed by atoms with Gasteiger partial charge in [-0.2, -0.15) is 0 Å². The number of aromatic nitrogens is 2. The normalized spacial score (nSPS) is 17.7. The first-order chi connectivity index (χ1) is 16.6. The van der Waals surface area contributed by atoms with Crippen LogP contribution >= 0.6 is 11.3 Å². The van der Waals surface area contributed by atoms with Crippen molar-refractivity contribution in [2.45, 2.75) is 58.3 Å². The number of benzene rings is 1. The van der Waals surface area contributed by atoms with Crippen molar-refractivity contribution < 1.29 is 4.79 Å². The Hall–Kier alpha value is -2.73. The van der Waals surface area contributed by atoms with Gasteiger partial charge in [0, 0.05) is 43.1 Å². The Balaban J connectivity index is 1.39. The van der Waals surface area contributed by atoms with Gasteiger partial charge in [-0.15, -0.1) is 11.3 Å². The molecule has 1 aliphatic carbocycles. The lowest BCUT2D eigenvalue weighted by Gasteiger charge is -2.35. The average molecular weight is 475 g/mol. The number of carbonyl (C=O) groups is 1. The fraction of sp³-hybridized carbons (Fsp3) is 0.464. The van der Waals surface area contributed by atoms with Crippen molar-refractivity contribution >= 4 is 39.4 Å². The van der Waals surface area contributed by atoms with Crippen molar-refractivity contribution in [1.82, 2.24) is 14.9 Å². The zero-order chi connectivity index (χ0) is 23.5. The number of rotatable bonds is 5. The molecule has 5 nitrogen and oxygen atoms in total. The summed E-state index contributed by atoms with van der Waals surface area (Å²) in [5, 5.41) is 1.29. The van der Waals surface area contributed by atoms with Crippen LogP contribution < -0.4 is 4.90 Å². The molecule has 2 aliphatic rings. The second kappa shape index (κ2) is 10.3. The molecule has 1 fully saturated rings. The number of thiophene rings is 1. The molecule has 0 N–H and O–H groups in total. The molecule has 178 valence electrons. The first-order valence-electron chi connectivity index (χ1n) is 12.7. The van der Waals surface area contributed by atoms with Crippen LogP contribution in [0.2, 0.25) is 0 Å². The molecule has 34 heavy (non-hydrogen) atoms. The van der Waals surface area contributed by atoms with Crippen LogP contribution in [0.4, 0.5) is 5.82 Å². The smallest absolute Gasteiger partial charge is 0.246 e. The minimum Gasteiger partial charge on any atom is -0.352 e. The van der Waals surface area contributed by atoms with Crippen LogP contribution in [0.25, 0.3) is 16.3 Å². The Morgan fingerprint density at radius 2 is 1.82 bits per heavy atom. The molecule has 5 rings (SSSR count). The van der Waals surface area contributed by atoms with Crippen LogP contribution in [-0.2, 0) is 17.6 Å². The number of piperazine rings is 1. The van der Waals surface area contributed by atoms with Crippen LogP contribution in [0.3, 0.4) is 0 Å². The summed E-state index contributed by atoms with van der Waals surface area (Å²) in [6.07, 6.45) is 10.8. The molecule has 0 bridgehead atoms. The third-order valence-corrected chi connectivity index (χ3v) is 8.41. The van der Waals surface area contributed by atoms with Crippen molar-refractivity contribution in [3.05, 3.63) is 58.2 Å². The number of carbonyl (C=O) groups excluding carboxylic acids is 1. The lowest BCUT2D eigenvalue weighted by Crippen LogP contribution is -2.48. The molecule has 2 aromatic heterocycles. The molecular formula is C28H34N4OS. The standard InChI is InChI=1S/C28H34N4OS/c1-3-20(2)26-29-27(25-22-12-8-5-9-13-23(22)34-28(25)30-26)32-18-16-31(17-19-32)24(33)15-14-21-10-6-4-7-11-21/h4,6-7,10-11,14-15,20H,3,5,8-9,12-13,16-19H2,1-2H3/b15-14+/t20-/m0/s1. The van der Waals surface area contributed by atoms with E-state index in [0.29, 0.717) is 19.0 Å². The van der Waals surface area contributed by atoms with E-state index in [1.165, 1.54) is 41.5 Å². The van der Waals surface area contributed by atoms with Crippen molar-refractivity contribution in [3.63, 3.8) is 0 Å².